The van der Waals surface area contributed by atoms with Gasteiger partial charge in [-0.25, -0.2) is 0 Å². The van der Waals surface area contributed by atoms with E-state index in [0.29, 0.717) is 11.5 Å². The summed E-state index contributed by atoms with van der Waals surface area (Å²) in [5.41, 5.74) is 0.635. The molecule has 2 nitrogen and oxygen atoms in total. The Bertz CT molecular complexity index is 249. The number of nitrogens with one attached hydrogen (secondary N) is 1. The summed E-state index contributed by atoms with van der Waals surface area (Å²) in [5, 5.41) is 3.75. The van der Waals surface area contributed by atoms with E-state index >= 15 is 0 Å². The lowest BCUT2D eigenvalue weighted by molar-refractivity contribution is 0.199. The molecule has 3 unspecified atom stereocenters. The molecule has 0 amide bonds. The van der Waals surface area contributed by atoms with Crippen molar-refractivity contribution in [2.75, 3.05) is 19.6 Å². The van der Waals surface area contributed by atoms with Crippen LogP contribution in [0.25, 0.3) is 0 Å². The summed E-state index contributed by atoms with van der Waals surface area (Å²) in [6, 6.07) is 1.43. The molecular weight excluding hydrogens is 208 g/mol. The minimum atomic E-state index is 0.635. The van der Waals surface area contributed by atoms with Gasteiger partial charge in [-0.05, 0) is 57.0 Å². The lowest BCUT2D eigenvalue weighted by atomic mass is 10.0. The van der Waals surface area contributed by atoms with Crippen LogP contribution in [0, 0.1) is 11.3 Å². The van der Waals surface area contributed by atoms with Gasteiger partial charge in [-0.3, -0.25) is 0 Å². The van der Waals surface area contributed by atoms with E-state index in [-0.39, 0.29) is 0 Å². The van der Waals surface area contributed by atoms with Gasteiger partial charge in [0.15, 0.2) is 0 Å². The average molecular weight is 238 g/mol. The Morgan fingerprint density at radius 3 is 2.47 bits per heavy atom. The number of hydrogen-bond donors (Lipinski definition) is 1. The van der Waals surface area contributed by atoms with Crippen molar-refractivity contribution >= 4 is 0 Å². The Morgan fingerprint density at radius 1 is 1.24 bits per heavy atom. The van der Waals surface area contributed by atoms with Gasteiger partial charge in [0.05, 0.1) is 0 Å². The summed E-state index contributed by atoms with van der Waals surface area (Å²) in [6.07, 6.45) is 5.35. The summed E-state index contributed by atoms with van der Waals surface area (Å²) in [6.45, 7) is 13.4. The number of nitrogens with zero attached hydrogens (tertiary/aromatic N) is 1. The maximum absolute atomic E-state index is 3.75. The van der Waals surface area contributed by atoms with Gasteiger partial charge in [0.25, 0.3) is 0 Å². The first-order valence-corrected chi connectivity index (χ1v) is 7.49. The van der Waals surface area contributed by atoms with Crippen LogP contribution < -0.4 is 5.32 Å². The van der Waals surface area contributed by atoms with E-state index < -0.39 is 0 Å². The fraction of sp³-hybridized carbons (Fsp3) is 1.00. The average Bonchev–Trinajstić information content (AvgIpc) is 2.85. The van der Waals surface area contributed by atoms with E-state index in [1.165, 1.54) is 45.3 Å². The SMILES string of the molecule is CCC1CCN(CC2CC2(C)C)CCC(C)N1. The Kier molecular flexibility index (Phi) is 4.14. The second-order valence-corrected chi connectivity index (χ2v) is 6.94. The Hall–Kier alpha value is -0.0800. The molecule has 0 aromatic carbocycles. The summed E-state index contributed by atoms with van der Waals surface area (Å²) in [5.74, 6) is 0.963. The van der Waals surface area contributed by atoms with Crippen LogP contribution >= 0.6 is 0 Å². The third-order valence-electron chi connectivity index (χ3n) is 4.88. The molecule has 1 aliphatic heterocycles. The predicted molar refractivity (Wildman–Crippen MR) is 74.2 cm³/mol. The van der Waals surface area contributed by atoms with Gasteiger partial charge < -0.3 is 10.2 Å². The second kappa shape index (κ2) is 5.27. The van der Waals surface area contributed by atoms with Crippen molar-refractivity contribution in [2.45, 2.75) is 65.5 Å². The molecule has 0 spiro atoms. The van der Waals surface area contributed by atoms with Crippen LogP contribution in [0.5, 0.6) is 0 Å². The first-order valence-electron chi connectivity index (χ1n) is 7.49. The minimum absolute atomic E-state index is 0.635. The van der Waals surface area contributed by atoms with Crippen molar-refractivity contribution < 1.29 is 0 Å². The van der Waals surface area contributed by atoms with Crippen molar-refractivity contribution in [1.29, 1.82) is 0 Å². The fourth-order valence-corrected chi connectivity index (χ4v) is 3.10. The van der Waals surface area contributed by atoms with Crippen molar-refractivity contribution in [3.8, 4) is 0 Å². The lowest BCUT2D eigenvalue weighted by Crippen LogP contribution is -2.44. The first kappa shape index (κ1) is 13.4. The minimum Gasteiger partial charge on any atom is -0.311 e. The molecule has 100 valence electrons. The van der Waals surface area contributed by atoms with Crippen LogP contribution in [-0.4, -0.2) is 36.6 Å². The molecule has 0 aromatic heterocycles. The zero-order valence-corrected chi connectivity index (χ0v) is 12.1. The highest BCUT2D eigenvalue weighted by Gasteiger charge is 2.45. The second-order valence-electron chi connectivity index (χ2n) is 6.94. The van der Waals surface area contributed by atoms with Gasteiger partial charge >= 0.3 is 0 Å². The zero-order chi connectivity index (χ0) is 12.5. The number of hydrogen-bond acceptors (Lipinski definition) is 2. The van der Waals surface area contributed by atoms with Crippen molar-refractivity contribution in [1.82, 2.24) is 10.2 Å². The van der Waals surface area contributed by atoms with Crippen molar-refractivity contribution in [3.63, 3.8) is 0 Å². The van der Waals surface area contributed by atoms with E-state index in [1.807, 2.05) is 0 Å². The van der Waals surface area contributed by atoms with E-state index in [1.54, 1.807) is 0 Å². The van der Waals surface area contributed by atoms with Crippen LogP contribution in [0.2, 0.25) is 0 Å². The highest BCUT2D eigenvalue weighted by atomic mass is 15.1. The van der Waals surface area contributed by atoms with Gasteiger partial charge in [0.2, 0.25) is 0 Å². The van der Waals surface area contributed by atoms with Gasteiger partial charge in [0.1, 0.15) is 0 Å². The summed E-state index contributed by atoms with van der Waals surface area (Å²) < 4.78 is 0. The molecule has 2 fully saturated rings. The molecule has 17 heavy (non-hydrogen) atoms. The Morgan fingerprint density at radius 2 is 1.88 bits per heavy atom. The van der Waals surface area contributed by atoms with Gasteiger partial charge in [-0.15, -0.1) is 0 Å². The van der Waals surface area contributed by atoms with Crippen LogP contribution in [0.1, 0.15) is 53.4 Å². The van der Waals surface area contributed by atoms with E-state index in [0.717, 1.165) is 12.0 Å². The zero-order valence-electron chi connectivity index (χ0n) is 12.1. The molecule has 2 aliphatic rings. The molecule has 1 N–H and O–H groups in total. The van der Waals surface area contributed by atoms with E-state index in [9.17, 15) is 0 Å². The normalized spacial score (nSPS) is 38.5. The quantitative estimate of drug-likeness (QED) is 0.813. The van der Waals surface area contributed by atoms with Crippen molar-refractivity contribution in [3.05, 3.63) is 0 Å². The maximum atomic E-state index is 3.75. The third-order valence-corrected chi connectivity index (χ3v) is 4.88. The highest BCUT2D eigenvalue weighted by Crippen LogP contribution is 2.51. The standard InChI is InChI=1S/C15H30N2/c1-5-14-7-9-17(8-6-12(2)16-14)11-13-10-15(13,3)4/h12-14,16H,5-11H2,1-4H3. The monoisotopic (exact) mass is 238 g/mol. The summed E-state index contributed by atoms with van der Waals surface area (Å²) >= 11 is 0. The van der Waals surface area contributed by atoms with Crippen LogP contribution in [0.15, 0.2) is 0 Å². The smallest absolute Gasteiger partial charge is 0.00790 e. The Balaban J connectivity index is 1.81. The molecule has 0 radical (unpaired) electrons. The molecule has 2 rings (SSSR count). The molecule has 2 heteroatoms. The predicted octanol–water partition coefficient (Wildman–Crippen LogP) is 2.89. The van der Waals surface area contributed by atoms with E-state index in [4.69, 9.17) is 0 Å². The third kappa shape index (κ3) is 3.69. The summed E-state index contributed by atoms with van der Waals surface area (Å²) in [7, 11) is 0. The first-order chi connectivity index (χ1) is 8.01. The van der Waals surface area contributed by atoms with Crippen molar-refractivity contribution in [2.24, 2.45) is 11.3 Å². The van der Waals surface area contributed by atoms with Crippen LogP contribution in [0.3, 0.4) is 0 Å². The maximum Gasteiger partial charge on any atom is 0.00790 e. The van der Waals surface area contributed by atoms with E-state index in [2.05, 4.69) is 37.9 Å². The highest BCUT2D eigenvalue weighted by molar-refractivity contribution is 4.97. The van der Waals surface area contributed by atoms with Crippen LogP contribution in [-0.2, 0) is 0 Å². The molecule has 0 aromatic rings. The number of rotatable bonds is 3. The van der Waals surface area contributed by atoms with Crippen LogP contribution in [0.4, 0.5) is 0 Å². The molecule has 1 saturated heterocycles. The topological polar surface area (TPSA) is 15.3 Å². The van der Waals surface area contributed by atoms with Gasteiger partial charge in [-0.1, -0.05) is 20.8 Å². The van der Waals surface area contributed by atoms with Gasteiger partial charge in [-0.2, -0.15) is 0 Å². The molecule has 1 heterocycles. The Labute approximate surface area is 107 Å². The molecule has 1 aliphatic carbocycles. The largest absolute Gasteiger partial charge is 0.311 e. The lowest BCUT2D eigenvalue weighted by Gasteiger charge is -2.32. The molecule has 3 atom stereocenters. The summed E-state index contributed by atoms with van der Waals surface area (Å²) in [4.78, 5) is 2.72. The molecular formula is C15H30N2. The fourth-order valence-electron chi connectivity index (χ4n) is 3.10. The molecule has 0 bridgehead atoms. The van der Waals surface area contributed by atoms with Gasteiger partial charge in [0, 0.05) is 18.6 Å². The molecule has 1 saturated carbocycles.